The maximum atomic E-state index is 12.9. The van der Waals surface area contributed by atoms with Crippen molar-refractivity contribution in [2.45, 2.75) is 33.7 Å². The van der Waals surface area contributed by atoms with E-state index in [9.17, 15) is 9.59 Å². The number of benzene rings is 1. The SMILES string of the molecule is Cc1csc(-c2coc3cc(OC(=O)[C@@H]([NH3+])C(C)C)cc(C)c3c2=O)n1. The van der Waals surface area contributed by atoms with Crippen LogP contribution in [0.15, 0.2) is 33.0 Å². The molecule has 0 bridgehead atoms. The minimum Gasteiger partial charge on any atom is -0.463 e. The first-order valence-corrected chi connectivity index (χ1v) is 9.19. The van der Waals surface area contributed by atoms with Crippen molar-refractivity contribution in [3.63, 3.8) is 0 Å². The maximum absolute atomic E-state index is 12.9. The third kappa shape index (κ3) is 3.40. The Morgan fingerprint density at radius 1 is 1.31 bits per heavy atom. The van der Waals surface area contributed by atoms with E-state index in [0.29, 0.717) is 32.9 Å². The van der Waals surface area contributed by atoms with Crippen LogP contribution in [0.1, 0.15) is 25.1 Å². The summed E-state index contributed by atoms with van der Waals surface area (Å²) in [5.74, 6) is 0.0116. The average molecular weight is 373 g/mol. The summed E-state index contributed by atoms with van der Waals surface area (Å²) in [4.78, 5) is 29.4. The van der Waals surface area contributed by atoms with Crippen LogP contribution in [0.3, 0.4) is 0 Å². The Labute approximate surface area is 154 Å². The van der Waals surface area contributed by atoms with Gasteiger partial charge in [0.2, 0.25) is 5.43 Å². The Hall–Kier alpha value is -2.51. The van der Waals surface area contributed by atoms with Crippen LogP contribution in [0.2, 0.25) is 0 Å². The van der Waals surface area contributed by atoms with E-state index in [4.69, 9.17) is 9.15 Å². The minimum absolute atomic E-state index is 0.0753. The van der Waals surface area contributed by atoms with Crippen molar-refractivity contribution < 1.29 is 19.7 Å². The van der Waals surface area contributed by atoms with Gasteiger partial charge in [0.25, 0.3) is 0 Å². The number of aryl methyl sites for hydroxylation is 2. The summed E-state index contributed by atoms with van der Waals surface area (Å²) in [6.45, 7) is 7.48. The highest BCUT2D eigenvalue weighted by molar-refractivity contribution is 7.13. The van der Waals surface area contributed by atoms with Crippen molar-refractivity contribution in [1.29, 1.82) is 0 Å². The van der Waals surface area contributed by atoms with E-state index in [2.05, 4.69) is 10.7 Å². The number of nitrogens with zero attached hydrogens (tertiary/aromatic N) is 1. The first-order chi connectivity index (χ1) is 12.3. The van der Waals surface area contributed by atoms with E-state index in [-0.39, 0.29) is 11.3 Å². The standard InChI is InChI=1S/C19H20N2O4S/c1-9(2)16(20)19(23)25-12-5-10(3)15-14(6-12)24-7-13(17(15)22)18-21-11(4)8-26-18/h5-9,16H,20H2,1-4H3/p+1/t16-/m0/s1. The molecule has 1 aromatic carbocycles. The second kappa shape index (κ2) is 7.01. The molecule has 6 nitrogen and oxygen atoms in total. The lowest BCUT2D eigenvalue weighted by atomic mass is 10.1. The van der Waals surface area contributed by atoms with Crippen LogP contribution >= 0.6 is 11.3 Å². The smallest absolute Gasteiger partial charge is 0.370 e. The van der Waals surface area contributed by atoms with Gasteiger partial charge >= 0.3 is 5.97 Å². The summed E-state index contributed by atoms with van der Waals surface area (Å²) in [6.07, 6.45) is 1.41. The van der Waals surface area contributed by atoms with Crippen LogP contribution in [0.4, 0.5) is 0 Å². The van der Waals surface area contributed by atoms with Crippen molar-refractivity contribution in [1.82, 2.24) is 4.98 Å². The van der Waals surface area contributed by atoms with E-state index in [1.54, 1.807) is 19.1 Å². The van der Waals surface area contributed by atoms with Gasteiger partial charge in [-0.1, -0.05) is 13.8 Å². The number of hydrogen-bond donors (Lipinski definition) is 1. The minimum atomic E-state index is -0.464. The van der Waals surface area contributed by atoms with Gasteiger partial charge in [0.15, 0.2) is 6.04 Å². The van der Waals surface area contributed by atoms with Crippen LogP contribution in [-0.2, 0) is 4.79 Å². The zero-order chi connectivity index (χ0) is 19.0. The Bertz CT molecular complexity index is 1040. The lowest BCUT2D eigenvalue weighted by Crippen LogP contribution is -2.68. The van der Waals surface area contributed by atoms with Crippen molar-refractivity contribution in [2.75, 3.05) is 0 Å². The third-order valence-corrected chi connectivity index (χ3v) is 5.22. The summed E-state index contributed by atoms with van der Waals surface area (Å²) < 4.78 is 11.1. The molecule has 0 aliphatic rings. The van der Waals surface area contributed by atoms with Gasteiger partial charge < -0.3 is 14.9 Å². The predicted octanol–water partition coefficient (Wildman–Crippen LogP) is 2.71. The summed E-state index contributed by atoms with van der Waals surface area (Å²) >= 11 is 1.40. The summed E-state index contributed by atoms with van der Waals surface area (Å²) in [5.41, 5.74) is 6.02. The number of carbonyl (C=O) groups is 1. The molecule has 0 fully saturated rings. The molecule has 0 radical (unpaired) electrons. The second-order valence-electron chi connectivity index (χ2n) is 6.66. The van der Waals surface area contributed by atoms with Crippen molar-refractivity contribution in [3.8, 4) is 16.3 Å². The number of thiazole rings is 1. The fourth-order valence-electron chi connectivity index (χ4n) is 2.57. The highest BCUT2D eigenvalue weighted by Gasteiger charge is 2.24. The molecule has 7 heteroatoms. The molecule has 2 aromatic heterocycles. The number of fused-ring (bicyclic) bond motifs is 1. The highest BCUT2D eigenvalue weighted by Crippen LogP contribution is 2.27. The number of rotatable bonds is 4. The number of aromatic nitrogens is 1. The Balaban J connectivity index is 2.03. The van der Waals surface area contributed by atoms with Gasteiger partial charge in [-0.25, -0.2) is 9.78 Å². The molecule has 2 heterocycles. The monoisotopic (exact) mass is 373 g/mol. The van der Waals surface area contributed by atoms with E-state index in [1.165, 1.54) is 17.6 Å². The van der Waals surface area contributed by atoms with Gasteiger partial charge in [-0.3, -0.25) is 4.79 Å². The van der Waals surface area contributed by atoms with E-state index in [0.717, 1.165) is 5.69 Å². The summed E-state index contributed by atoms with van der Waals surface area (Å²) in [5, 5.41) is 2.98. The Kier molecular flexibility index (Phi) is 4.93. The van der Waals surface area contributed by atoms with Gasteiger partial charge in [0.1, 0.15) is 22.6 Å². The lowest BCUT2D eigenvalue weighted by molar-refractivity contribution is -0.417. The van der Waals surface area contributed by atoms with E-state index < -0.39 is 12.0 Å². The predicted molar refractivity (Wildman–Crippen MR) is 100 cm³/mol. The molecule has 0 unspecified atom stereocenters. The number of ether oxygens (including phenoxy) is 1. The fraction of sp³-hybridized carbons (Fsp3) is 0.316. The molecule has 1 atom stereocenters. The van der Waals surface area contributed by atoms with Crippen molar-refractivity contribution in [3.05, 3.63) is 45.3 Å². The van der Waals surface area contributed by atoms with Crippen LogP contribution in [0, 0.1) is 19.8 Å². The van der Waals surface area contributed by atoms with Crippen LogP contribution in [0.5, 0.6) is 5.75 Å². The molecule has 26 heavy (non-hydrogen) atoms. The maximum Gasteiger partial charge on any atom is 0.370 e. The molecule has 136 valence electrons. The zero-order valence-electron chi connectivity index (χ0n) is 15.2. The summed E-state index contributed by atoms with van der Waals surface area (Å²) in [7, 11) is 0. The van der Waals surface area contributed by atoms with Crippen LogP contribution in [0.25, 0.3) is 21.5 Å². The lowest BCUT2D eigenvalue weighted by Gasteiger charge is -2.12. The topological polar surface area (TPSA) is 97.0 Å². The largest absolute Gasteiger partial charge is 0.463 e. The van der Waals surface area contributed by atoms with Crippen LogP contribution < -0.4 is 15.9 Å². The van der Waals surface area contributed by atoms with Gasteiger partial charge in [-0.15, -0.1) is 11.3 Å². The quantitative estimate of drug-likeness (QED) is 0.560. The molecule has 0 spiro atoms. The summed E-state index contributed by atoms with van der Waals surface area (Å²) in [6, 6.07) is 2.76. The first-order valence-electron chi connectivity index (χ1n) is 8.31. The van der Waals surface area contributed by atoms with E-state index >= 15 is 0 Å². The van der Waals surface area contributed by atoms with Crippen molar-refractivity contribution in [2.24, 2.45) is 5.92 Å². The van der Waals surface area contributed by atoms with Crippen LogP contribution in [-0.4, -0.2) is 17.0 Å². The molecule has 3 aromatic rings. The molecular weight excluding hydrogens is 352 g/mol. The third-order valence-electron chi connectivity index (χ3n) is 4.22. The Morgan fingerprint density at radius 3 is 2.65 bits per heavy atom. The van der Waals surface area contributed by atoms with E-state index in [1.807, 2.05) is 26.2 Å². The number of hydrogen-bond acceptors (Lipinski definition) is 6. The van der Waals surface area contributed by atoms with Gasteiger partial charge in [0.05, 0.1) is 10.9 Å². The highest BCUT2D eigenvalue weighted by atomic mass is 32.1. The number of esters is 1. The van der Waals surface area contributed by atoms with Gasteiger partial charge in [-0.05, 0) is 25.5 Å². The molecule has 3 rings (SSSR count). The zero-order valence-corrected chi connectivity index (χ0v) is 16.0. The molecule has 0 aliphatic carbocycles. The van der Waals surface area contributed by atoms with Crippen molar-refractivity contribution >= 4 is 28.3 Å². The molecule has 0 amide bonds. The number of quaternary nitrogens is 1. The molecular formula is C19H21N2O4S+. The van der Waals surface area contributed by atoms with Gasteiger partial charge in [0, 0.05) is 23.1 Å². The molecule has 0 aliphatic heterocycles. The van der Waals surface area contributed by atoms with Gasteiger partial charge in [-0.2, -0.15) is 0 Å². The fourth-order valence-corrected chi connectivity index (χ4v) is 3.36. The number of carbonyl (C=O) groups excluding carboxylic acids is 1. The normalized spacial score (nSPS) is 12.5. The molecule has 0 saturated carbocycles. The Morgan fingerprint density at radius 2 is 2.04 bits per heavy atom. The molecule has 0 saturated heterocycles. The molecule has 3 N–H and O–H groups in total. The first kappa shape index (κ1) is 18.3. The average Bonchev–Trinajstić information content (AvgIpc) is 3.00. The second-order valence-corrected chi connectivity index (χ2v) is 7.52.